The summed E-state index contributed by atoms with van der Waals surface area (Å²) in [5, 5.41) is 22.7. The summed E-state index contributed by atoms with van der Waals surface area (Å²) in [4.78, 5) is 27.9. The SMILES string of the molecule is CCc1ccc(NC(=O)CSc2nnc(N3C(N)=C(C#N)C(c4ccccc4Cl)C4=C3CC(C)(C)CC4=O)s2)cc1. The number of Topliss-reactive ketones (excluding diaryl/α,β-unsaturated/α-hetero) is 1. The molecule has 0 saturated heterocycles. The average Bonchev–Trinajstić information content (AvgIpc) is 3.40. The van der Waals surface area contributed by atoms with Gasteiger partial charge in [0.15, 0.2) is 10.1 Å². The molecule has 11 heteroatoms. The van der Waals surface area contributed by atoms with Crippen LogP contribution in [0.4, 0.5) is 10.8 Å². The Kier molecular flexibility index (Phi) is 8.23. The van der Waals surface area contributed by atoms with E-state index in [9.17, 15) is 14.9 Å². The van der Waals surface area contributed by atoms with E-state index in [1.165, 1.54) is 28.7 Å². The molecule has 210 valence electrons. The minimum absolute atomic E-state index is 0.0471. The van der Waals surface area contributed by atoms with Crippen LogP contribution >= 0.6 is 34.7 Å². The number of aromatic nitrogens is 2. The zero-order valence-electron chi connectivity index (χ0n) is 22.9. The number of ketones is 1. The topological polar surface area (TPSA) is 125 Å². The van der Waals surface area contributed by atoms with E-state index in [1.807, 2.05) is 56.3 Å². The maximum atomic E-state index is 13.7. The van der Waals surface area contributed by atoms with Crippen molar-refractivity contribution in [1.82, 2.24) is 10.2 Å². The van der Waals surface area contributed by atoms with Crippen LogP contribution in [-0.4, -0.2) is 27.6 Å². The van der Waals surface area contributed by atoms with Crippen molar-refractivity contribution in [2.45, 2.75) is 50.3 Å². The summed E-state index contributed by atoms with van der Waals surface area (Å²) in [7, 11) is 0. The maximum absolute atomic E-state index is 13.7. The van der Waals surface area contributed by atoms with Gasteiger partial charge in [-0.05, 0) is 47.6 Å². The number of nitrogens with zero attached hydrogens (tertiary/aromatic N) is 4. The molecule has 0 saturated carbocycles. The molecular weight excluding hydrogens is 576 g/mol. The van der Waals surface area contributed by atoms with Gasteiger partial charge in [-0.1, -0.05) is 85.8 Å². The van der Waals surface area contributed by atoms with Gasteiger partial charge in [-0.3, -0.25) is 14.5 Å². The molecule has 3 aromatic rings. The van der Waals surface area contributed by atoms with Crippen LogP contribution in [-0.2, 0) is 16.0 Å². The van der Waals surface area contributed by atoms with Gasteiger partial charge in [-0.25, -0.2) is 0 Å². The third-order valence-electron chi connectivity index (χ3n) is 7.16. The molecule has 1 aliphatic heterocycles. The van der Waals surface area contributed by atoms with Crippen molar-refractivity contribution >= 4 is 57.2 Å². The fraction of sp³-hybridized carbons (Fsp3) is 0.300. The normalized spacial score (nSPS) is 18.3. The van der Waals surface area contributed by atoms with E-state index in [2.05, 4.69) is 28.5 Å². The largest absolute Gasteiger partial charge is 0.384 e. The monoisotopic (exact) mass is 604 g/mol. The Morgan fingerprint density at radius 2 is 1.95 bits per heavy atom. The Morgan fingerprint density at radius 1 is 1.22 bits per heavy atom. The summed E-state index contributed by atoms with van der Waals surface area (Å²) in [6, 6.07) is 17.2. The lowest BCUT2D eigenvalue weighted by atomic mass is 9.68. The summed E-state index contributed by atoms with van der Waals surface area (Å²) >= 11 is 9.09. The van der Waals surface area contributed by atoms with Crippen molar-refractivity contribution in [3.05, 3.63) is 87.3 Å². The van der Waals surface area contributed by atoms with Gasteiger partial charge in [0.2, 0.25) is 11.0 Å². The smallest absolute Gasteiger partial charge is 0.234 e. The highest BCUT2D eigenvalue weighted by atomic mass is 35.5. The molecule has 1 amide bonds. The molecule has 3 N–H and O–H groups in total. The first-order chi connectivity index (χ1) is 19.6. The molecular formula is C30H29ClN6O2S2. The summed E-state index contributed by atoms with van der Waals surface area (Å²) in [5.74, 6) is -0.531. The fourth-order valence-corrected chi connectivity index (χ4v) is 7.17. The molecule has 0 radical (unpaired) electrons. The molecule has 2 heterocycles. The Balaban J connectivity index is 1.44. The lowest BCUT2D eigenvalue weighted by Crippen LogP contribution is -2.42. The molecule has 0 fully saturated rings. The Morgan fingerprint density at radius 3 is 2.63 bits per heavy atom. The molecule has 5 rings (SSSR count). The predicted molar refractivity (Wildman–Crippen MR) is 164 cm³/mol. The van der Waals surface area contributed by atoms with Crippen molar-refractivity contribution in [2.24, 2.45) is 11.1 Å². The standard InChI is InChI=1S/C30H29ClN6O2S2/c1-4-17-9-11-18(12-10-17)34-24(39)16-40-29-36-35-28(41-29)37-22-13-30(2,3)14-23(38)26(22)25(20(15-32)27(37)33)19-7-5-6-8-21(19)31/h5-12,25H,4,13-14,16,33H2,1-3H3,(H,34,39). The van der Waals surface area contributed by atoms with Crippen LogP contribution in [0.1, 0.15) is 50.7 Å². The van der Waals surface area contributed by atoms with Gasteiger partial charge in [0, 0.05) is 28.4 Å². The fourth-order valence-electron chi connectivity index (χ4n) is 5.25. The first-order valence-electron chi connectivity index (χ1n) is 13.2. The molecule has 8 nitrogen and oxygen atoms in total. The van der Waals surface area contributed by atoms with Crippen LogP contribution in [0.3, 0.4) is 0 Å². The van der Waals surface area contributed by atoms with Crippen molar-refractivity contribution in [2.75, 3.05) is 16.0 Å². The van der Waals surface area contributed by atoms with Gasteiger partial charge in [-0.15, -0.1) is 10.2 Å². The zero-order valence-corrected chi connectivity index (χ0v) is 25.3. The highest BCUT2D eigenvalue weighted by molar-refractivity contribution is 8.01. The van der Waals surface area contributed by atoms with Crippen LogP contribution < -0.4 is 16.0 Å². The number of carbonyl (C=O) groups excluding carboxylic acids is 2. The average molecular weight is 605 g/mol. The van der Waals surface area contributed by atoms with Crippen LogP contribution in [0.2, 0.25) is 5.02 Å². The molecule has 0 spiro atoms. The van der Waals surface area contributed by atoms with Gasteiger partial charge in [0.25, 0.3) is 0 Å². The lowest BCUT2D eigenvalue weighted by molar-refractivity contribution is -0.118. The van der Waals surface area contributed by atoms with Gasteiger partial charge >= 0.3 is 0 Å². The number of amides is 1. The quantitative estimate of drug-likeness (QED) is 0.296. The summed E-state index contributed by atoms with van der Waals surface area (Å²) in [6.45, 7) is 6.15. The van der Waals surface area contributed by atoms with E-state index in [1.54, 1.807) is 11.0 Å². The highest BCUT2D eigenvalue weighted by Gasteiger charge is 2.45. The first kappa shape index (κ1) is 28.9. The minimum Gasteiger partial charge on any atom is -0.384 e. The van der Waals surface area contributed by atoms with Crippen molar-refractivity contribution in [1.29, 1.82) is 5.26 Å². The number of hydrogen-bond acceptors (Lipinski definition) is 9. The summed E-state index contributed by atoms with van der Waals surface area (Å²) in [6.07, 6.45) is 1.82. The number of halogens is 1. The van der Waals surface area contributed by atoms with Gasteiger partial charge in [0.05, 0.1) is 23.3 Å². The van der Waals surface area contributed by atoms with Gasteiger partial charge in [-0.2, -0.15) is 5.26 Å². The van der Waals surface area contributed by atoms with E-state index >= 15 is 0 Å². The van der Waals surface area contributed by atoms with Crippen LogP contribution in [0.25, 0.3) is 0 Å². The number of hydrogen-bond donors (Lipinski definition) is 2. The number of thioether (sulfide) groups is 1. The summed E-state index contributed by atoms with van der Waals surface area (Å²) in [5.41, 5.74) is 10.4. The molecule has 1 unspecified atom stereocenters. The number of nitriles is 1. The first-order valence-corrected chi connectivity index (χ1v) is 15.4. The predicted octanol–water partition coefficient (Wildman–Crippen LogP) is 6.43. The maximum Gasteiger partial charge on any atom is 0.234 e. The van der Waals surface area contributed by atoms with Crippen LogP contribution in [0, 0.1) is 16.7 Å². The summed E-state index contributed by atoms with van der Waals surface area (Å²) < 4.78 is 0.569. The third-order valence-corrected chi connectivity index (χ3v) is 9.54. The number of aryl methyl sites for hydroxylation is 1. The molecule has 2 aromatic carbocycles. The van der Waals surface area contributed by atoms with Crippen LogP contribution in [0.15, 0.2) is 75.5 Å². The van der Waals surface area contributed by atoms with E-state index in [0.29, 0.717) is 44.2 Å². The number of rotatable bonds is 7. The molecule has 1 aliphatic carbocycles. The van der Waals surface area contributed by atoms with Gasteiger partial charge < -0.3 is 11.1 Å². The molecule has 1 atom stereocenters. The number of anilines is 2. The molecule has 1 aromatic heterocycles. The number of nitrogens with two attached hydrogens (primary N) is 1. The molecule has 0 bridgehead atoms. The van der Waals surface area contributed by atoms with E-state index in [0.717, 1.165) is 12.1 Å². The third kappa shape index (κ3) is 5.89. The number of allylic oxidation sites excluding steroid dienone is 3. The number of nitrogens with one attached hydrogen (secondary N) is 1. The Bertz CT molecular complexity index is 1620. The van der Waals surface area contributed by atoms with E-state index in [4.69, 9.17) is 17.3 Å². The van der Waals surface area contributed by atoms with Crippen LogP contribution in [0.5, 0.6) is 0 Å². The van der Waals surface area contributed by atoms with Gasteiger partial charge in [0.1, 0.15) is 5.82 Å². The molecule has 41 heavy (non-hydrogen) atoms. The number of carbonyl (C=O) groups is 2. The Hall–Kier alpha value is -3.65. The zero-order chi connectivity index (χ0) is 29.3. The van der Waals surface area contributed by atoms with E-state index < -0.39 is 5.92 Å². The number of benzene rings is 2. The Labute approximate surface area is 252 Å². The van der Waals surface area contributed by atoms with Crippen molar-refractivity contribution < 1.29 is 9.59 Å². The van der Waals surface area contributed by atoms with E-state index in [-0.39, 0.29) is 34.3 Å². The second-order valence-electron chi connectivity index (χ2n) is 10.7. The highest BCUT2D eigenvalue weighted by Crippen LogP contribution is 2.51. The second-order valence-corrected chi connectivity index (χ2v) is 13.3. The van der Waals surface area contributed by atoms with Crippen molar-refractivity contribution in [3.8, 4) is 6.07 Å². The van der Waals surface area contributed by atoms with Crippen molar-refractivity contribution in [3.63, 3.8) is 0 Å². The molecule has 2 aliphatic rings. The minimum atomic E-state index is -0.666. The lowest BCUT2D eigenvalue weighted by Gasteiger charge is -2.42. The second kappa shape index (κ2) is 11.7.